The average molecular weight is 429 g/mol. The molecule has 1 aromatic heterocycles. The molecule has 0 fully saturated rings. The molecule has 0 unspecified atom stereocenters. The normalized spacial score (nSPS) is 10.5. The Bertz CT molecular complexity index is 1180. The lowest BCUT2D eigenvalue weighted by atomic mass is 10.0. The second kappa shape index (κ2) is 9.13. The minimum atomic E-state index is -1.22. The number of nitrogen functional groups attached to an aromatic ring is 2. The first-order valence-corrected chi connectivity index (χ1v) is 9.12. The molecule has 3 aromatic rings. The molecule has 31 heavy (non-hydrogen) atoms. The van der Waals surface area contributed by atoms with Crippen LogP contribution in [0, 0.1) is 5.82 Å². The molecule has 11 heteroatoms. The Balaban J connectivity index is 2.06. The van der Waals surface area contributed by atoms with Gasteiger partial charge < -0.3 is 30.7 Å². The van der Waals surface area contributed by atoms with Gasteiger partial charge in [-0.15, -0.1) is 0 Å². The highest BCUT2D eigenvalue weighted by molar-refractivity contribution is 5.75. The van der Waals surface area contributed by atoms with E-state index in [1.54, 1.807) is 25.1 Å². The van der Waals surface area contributed by atoms with E-state index in [2.05, 4.69) is 15.4 Å². The smallest absolute Gasteiger partial charge is 0.341 e. The molecule has 2 aromatic carbocycles. The van der Waals surface area contributed by atoms with Crippen LogP contribution in [-0.4, -0.2) is 34.3 Å². The number of aromatic nitrogens is 2. The number of carboxylic acid groups (broad SMARTS) is 1. The SMILES string of the molecule is CCOc1cc(-c2ccc(F)c(OCC(=O)O)c2)ccc1-c1nc(NN)c(N)c(=O)[nH]1. The van der Waals surface area contributed by atoms with Gasteiger partial charge in [0.2, 0.25) is 0 Å². The molecule has 0 saturated carbocycles. The van der Waals surface area contributed by atoms with Gasteiger partial charge in [0.05, 0.1) is 12.2 Å². The highest BCUT2D eigenvalue weighted by Gasteiger charge is 2.15. The molecule has 0 atom stereocenters. The first kappa shape index (κ1) is 21.6. The molecule has 3 rings (SSSR count). The van der Waals surface area contributed by atoms with E-state index in [-0.39, 0.29) is 23.1 Å². The zero-order valence-electron chi connectivity index (χ0n) is 16.4. The van der Waals surface area contributed by atoms with Crippen molar-refractivity contribution >= 4 is 17.5 Å². The molecule has 0 radical (unpaired) electrons. The van der Waals surface area contributed by atoms with E-state index in [0.717, 1.165) is 0 Å². The number of H-pyrrole nitrogens is 1. The number of hydrogen-bond acceptors (Lipinski definition) is 8. The molecular weight excluding hydrogens is 409 g/mol. The van der Waals surface area contributed by atoms with Gasteiger partial charge in [0.25, 0.3) is 5.56 Å². The van der Waals surface area contributed by atoms with Crippen LogP contribution in [0.1, 0.15) is 6.92 Å². The van der Waals surface area contributed by atoms with Crippen LogP contribution in [-0.2, 0) is 4.79 Å². The van der Waals surface area contributed by atoms with Crippen LogP contribution in [0.4, 0.5) is 15.9 Å². The van der Waals surface area contributed by atoms with E-state index in [1.165, 1.54) is 18.2 Å². The number of nitrogens with two attached hydrogens (primary N) is 2. The molecule has 7 N–H and O–H groups in total. The molecule has 0 bridgehead atoms. The molecule has 0 aliphatic carbocycles. The summed E-state index contributed by atoms with van der Waals surface area (Å²) in [6.45, 7) is 1.45. The Hall–Kier alpha value is -4.12. The van der Waals surface area contributed by atoms with Crippen LogP contribution >= 0.6 is 0 Å². The maximum Gasteiger partial charge on any atom is 0.341 e. The minimum absolute atomic E-state index is 0.0176. The monoisotopic (exact) mass is 429 g/mol. The van der Waals surface area contributed by atoms with Gasteiger partial charge in [-0.3, -0.25) is 4.79 Å². The van der Waals surface area contributed by atoms with Crippen molar-refractivity contribution in [3.05, 3.63) is 52.6 Å². The molecule has 0 saturated heterocycles. The van der Waals surface area contributed by atoms with Gasteiger partial charge in [0.15, 0.2) is 24.0 Å². The summed E-state index contributed by atoms with van der Waals surface area (Å²) >= 11 is 0. The number of anilines is 2. The van der Waals surface area contributed by atoms with Crippen molar-refractivity contribution in [2.45, 2.75) is 6.92 Å². The summed E-state index contributed by atoms with van der Waals surface area (Å²) in [6, 6.07) is 9.14. The van der Waals surface area contributed by atoms with Gasteiger partial charge in [-0.2, -0.15) is 0 Å². The Morgan fingerprint density at radius 2 is 1.87 bits per heavy atom. The third-order valence-electron chi connectivity index (χ3n) is 4.24. The Kier molecular flexibility index (Phi) is 6.36. The number of aromatic amines is 1. The third kappa shape index (κ3) is 4.73. The van der Waals surface area contributed by atoms with Gasteiger partial charge in [-0.05, 0) is 42.3 Å². The van der Waals surface area contributed by atoms with Crippen LogP contribution in [0.25, 0.3) is 22.5 Å². The quantitative estimate of drug-likeness (QED) is 0.266. The zero-order valence-corrected chi connectivity index (χ0v) is 16.4. The predicted octanol–water partition coefficient (Wildman–Crippen LogP) is 1.97. The first-order valence-electron chi connectivity index (χ1n) is 9.12. The van der Waals surface area contributed by atoms with Crippen molar-refractivity contribution in [1.29, 1.82) is 0 Å². The van der Waals surface area contributed by atoms with Crippen LogP contribution in [0.5, 0.6) is 11.5 Å². The second-order valence-electron chi connectivity index (χ2n) is 6.29. The minimum Gasteiger partial charge on any atom is -0.493 e. The maximum absolute atomic E-state index is 14.0. The van der Waals surface area contributed by atoms with Crippen LogP contribution < -0.4 is 32.0 Å². The van der Waals surface area contributed by atoms with Crippen molar-refractivity contribution in [3.8, 4) is 34.0 Å². The number of ether oxygens (including phenoxy) is 2. The summed E-state index contributed by atoms with van der Waals surface area (Å²) in [4.78, 5) is 29.6. The molecule has 0 aliphatic rings. The molecule has 1 heterocycles. The number of hydrogen-bond donors (Lipinski definition) is 5. The molecule has 0 aliphatic heterocycles. The fraction of sp³-hybridized carbons (Fsp3) is 0.150. The van der Waals surface area contributed by atoms with Crippen molar-refractivity contribution < 1.29 is 23.8 Å². The summed E-state index contributed by atoms with van der Waals surface area (Å²) in [5.41, 5.74) is 8.89. The summed E-state index contributed by atoms with van der Waals surface area (Å²) in [6.07, 6.45) is 0. The largest absolute Gasteiger partial charge is 0.493 e. The summed E-state index contributed by atoms with van der Waals surface area (Å²) < 4.78 is 24.6. The van der Waals surface area contributed by atoms with E-state index < -0.39 is 24.0 Å². The topological polar surface area (TPSA) is 166 Å². The van der Waals surface area contributed by atoms with E-state index in [0.29, 0.717) is 29.0 Å². The molecular formula is C20H20FN5O5. The summed E-state index contributed by atoms with van der Waals surface area (Å²) in [5.74, 6) is 3.89. The van der Waals surface area contributed by atoms with Crippen LogP contribution in [0.3, 0.4) is 0 Å². The van der Waals surface area contributed by atoms with Crippen molar-refractivity contribution in [2.75, 3.05) is 24.4 Å². The Morgan fingerprint density at radius 1 is 1.19 bits per heavy atom. The average Bonchev–Trinajstić information content (AvgIpc) is 2.75. The van der Waals surface area contributed by atoms with Gasteiger partial charge in [-0.25, -0.2) is 20.0 Å². The van der Waals surface area contributed by atoms with E-state index in [1.807, 2.05) is 0 Å². The van der Waals surface area contributed by atoms with Gasteiger partial charge >= 0.3 is 5.97 Å². The van der Waals surface area contributed by atoms with Crippen LogP contribution in [0.15, 0.2) is 41.2 Å². The number of aliphatic carboxylic acids is 1. The van der Waals surface area contributed by atoms with E-state index in [9.17, 15) is 14.0 Å². The number of benzene rings is 2. The second-order valence-corrected chi connectivity index (χ2v) is 6.29. The highest BCUT2D eigenvalue weighted by Crippen LogP contribution is 2.34. The van der Waals surface area contributed by atoms with Crippen molar-refractivity contribution in [1.82, 2.24) is 9.97 Å². The Morgan fingerprint density at radius 3 is 2.52 bits per heavy atom. The lowest BCUT2D eigenvalue weighted by molar-refractivity contribution is -0.139. The van der Waals surface area contributed by atoms with Crippen LogP contribution in [0.2, 0.25) is 0 Å². The fourth-order valence-electron chi connectivity index (χ4n) is 2.83. The summed E-state index contributed by atoms with van der Waals surface area (Å²) in [7, 11) is 0. The van der Waals surface area contributed by atoms with Gasteiger partial charge in [0.1, 0.15) is 17.3 Å². The number of carbonyl (C=O) groups is 1. The molecule has 10 nitrogen and oxygen atoms in total. The lowest BCUT2D eigenvalue weighted by Gasteiger charge is -2.14. The zero-order chi connectivity index (χ0) is 22.5. The fourth-order valence-corrected chi connectivity index (χ4v) is 2.83. The first-order chi connectivity index (χ1) is 14.8. The van der Waals surface area contributed by atoms with Crippen molar-refractivity contribution in [3.63, 3.8) is 0 Å². The molecule has 162 valence electrons. The number of carboxylic acids is 1. The van der Waals surface area contributed by atoms with Crippen molar-refractivity contribution in [2.24, 2.45) is 5.84 Å². The lowest BCUT2D eigenvalue weighted by Crippen LogP contribution is -2.20. The van der Waals surface area contributed by atoms with E-state index in [4.69, 9.17) is 26.2 Å². The number of nitrogens with one attached hydrogen (secondary N) is 2. The number of hydrazine groups is 1. The van der Waals surface area contributed by atoms with Gasteiger partial charge in [-0.1, -0.05) is 12.1 Å². The molecule has 0 spiro atoms. The highest BCUT2D eigenvalue weighted by atomic mass is 19.1. The number of nitrogens with zero attached hydrogens (tertiary/aromatic N) is 1. The van der Waals surface area contributed by atoms with E-state index >= 15 is 0 Å². The molecule has 0 amide bonds. The number of rotatable bonds is 8. The maximum atomic E-state index is 14.0. The Labute approximate surface area is 175 Å². The standard InChI is InChI=1S/C20H20FN5O5/c1-2-30-14-7-10(11-4-6-13(21)15(8-11)31-9-16(27)28)3-5-12(14)18-24-19(26-23)17(22)20(29)25-18/h3-8H,2,9,22-23H2,1H3,(H,27,28)(H2,24,25,26,29). The summed E-state index contributed by atoms with van der Waals surface area (Å²) in [5, 5.41) is 8.75. The number of halogens is 1. The third-order valence-corrected chi connectivity index (χ3v) is 4.24. The predicted molar refractivity (Wildman–Crippen MR) is 112 cm³/mol. The van der Waals surface area contributed by atoms with Gasteiger partial charge in [0, 0.05) is 0 Å².